The summed E-state index contributed by atoms with van der Waals surface area (Å²) < 4.78 is 15.8. The van der Waals surface area contributed by atoms with Crippen molar-refractivity contribution in [2.24, 2.45) is 0 Å². The van der Waals surface area contributed by atoms with Gasteiger partial charge in [0.2, 0.25) is 0 Å². The van der Waals surface area contributed by atoms with E-state index in [9.17, 15) is 4.79 Å². The van der Waals surface area contributed by atoms with E-state index in [0.717, 1.165) is 5.56 Å². The van der Waals surface area contributed by atoms with Crippen molar-refractivity contribution >= 4 is 29.2 Å². The normalized spacial score (nSPS) is 11.7. The lowest BCUT2D eigenvalue weighted by Gasteiger charge is -2.16. The molecule has 0 aliphatic carbocycles. The van der Waals surface area contributed by atoms with Crippen LogP contribution >= 0.6 is 23.2 Å². The molecule has 0 spiro atoms. The van der Waals surface area contributed by atoms with Crippen LogP contribution in [-0.4, -0.2) is 20.2 Å². The molecule has 0 amide bonds. The Labute approximate surface area is 144 Å². The summed E-state index contributed by atoms with van der Waals surface area (Å²) in [7, 11) is 2.94. The van der Waals surface area contributed by atoms with Crippen LogP contribution in [0.2, 0.25) is 10.0 Å². The minimum Gasteiger partial charge on any atom is -0.493 e. The van der Waals surface area contributed by atoms with E-state index in [0.29, 0.717) is 16.5 Å². The number of hydrogen-bond donors (Lipinski definition) is 0. The molecule has 4 nitrogen and oxygen atoms in total. The van der Waals surface area contributed by atoms with Gasteiger partial charge in [0.05, 0.1) is 24.8 Å². The van der Waals surface area contributed by atoms with Crippen molar-refractivity contribution in [3.05, 3.63) is 57.6 Å². The predicted octanol–water partition coefficient (Wildman–Crippen LogP) is 4.93. The molecule has 6 heteroatoms. The molecule has 0 N–H and O–H groups in total. The van der Waals surface area contributed by atoms with Gasteiger partial charge in [0.1, 0.15) is 6.10 Å². The molecule has 0 unspecified atom stereocenters. The molecule has 0 bridgehead atoms. The largest absolute Gasteiger partial charge is 0.493 e. The van der Waals surface area contributed by atoms with E-state index < -0.39 is 12.1 Å². The predicted molar refractivity (Wildman–Crippen MR) is 89.8 cm³/mol. The minimum absolute atomic E-state index is 0.268. The van der Waals surface area contributed by atoms with Gasteiger partial charge in [0.25, 0.3) is 0 Å². The number of hydrogen-bond acceptors (Lipinski definition) is 4. The molecule has 0 fully saturated rings. The number of ether oxygens (including phenoxy) is 3. The quantitative estimate of drug-likeness (QED) is 0.714. The van der Waals surface area contributed by atoms with E-state index in [2.05, 4.69) is 0 Å². The highest BCUT2D eigenvalue weighted by molar-refractivity contribution is 6.32. The zero-order chi connectivity index (χ0) is 17.0. The van der Waals surface area contributed by atoms with Crippen LogP contribution in [0.4, 0.5) is 0 Å². The summed E-state index contributed by atoms with van der Waals surface area (Å²) in [6.45, 7) is 1.75. The molecule has 2 aromatic carbocycles. The number of esters is 1. The zero-order valence-electron chi connectivity index (χ0n) is 12.9. The van der Waals surface area contributed by atoms with Gasteiger partial charge in [-0.05, 0) is 25.1 Å². The number of carbonyl (C=O) groups excluding carboxylic acids is 1. The molecule has 0 aliphatic rings. The van der Waals surface area contributed by atoms with E-state index in [4.69, 9.17) is 37.4 Å². The molecule has 0 saturated heterocycles. The highest BCUT2D eigenvalue weighted by atomic mass is 35.5. The van der Waals surface area contributed by atoms with Crippen molar-refractivity contribution in [1.82, 2.24) is 0 Å². The molecule has 0 saturated carbocycles. The average Bonchev–Trinajstić information content (AvgIpc) is 2.54. The molecule has 2 aromatic rings. The standard InChI is InChI=1S/C17H16Cl2O4/c1-10(12-6-4-5-7-13(12)18)23-17(20)11-8-14(19)16(22-3)15(9-11)21-2/h4-10H,1-3H3/t10-/m0/s1. The van der Waals surface area contributed by atoms with Gasteiger partial charge >= 0.3 is 5.97 Å². The second-order valence-corrected chi connectivity index (χ2v) is 5.58. The summed E-state index contributed by atoms with van der Waals surface area (Å²) >= 11 is 12.2. The summed E-state index contributed by atoms with van der Waals surface area (Å²) in [5, 5.41) is 0.808. The van der Waals surface area contributed by atoms with Crippen molar-refractivity contribution in [3.8, 4) is 11.5 Å². The van der Waals surface area contributed by atoms with Gasteiger partial charge in [0, 0.05) is 10.6 Å². The van der Waals surface area contributed by atoms with Crippen molar-refractivity contribution in [3.63, 3.8) is 0 Å². The van der Waals surface area contributed by atoms with Crippen LogP contribution in [0.25, 0.3) is 0 Å². The Morgan fingerprint density at radius 3 is 2.35 bits per heavy atom. The number of carbonyl (C=O) groups is 1. The summed E-state index contributed by atoms with van der Waals surface area (Å²) in [6, 6.07) is 10.2. The number of benzene rings is 2. The van der Waals surface area contributed by atoms with E-state index >= 15 is 0 Å². The monoisotopic (exact) mass is 354 g/mol. The van der Waals surface area contributed by atoms with Gasteiger partial charge in [-0.25, -0.2) is 4.79 Å². The van der Waals surface area contributed by atoms with Crippen molar-refractivity contribution in [1.29, 1.82) is 0 Å². The Hall–Kier alpha value is -1.91. The Morgan fingerprint density at radius 2 is 1.74 bits per heavy atom. The molecule has 23 heavy (non-hydrogen) atoms. The lowest BCUT2D eigenvalue weighted by atomic mass is 10.1. The van der Waals surface area contributed by atoms with Gasteiger partial charge in [-0.3, -0.25) is 0 Å². The second kappa shape index (κ2) is 7.57. The summed E-state index contributed by atoms with van der Waals surface area (Å²) in [6.07, 6.45) is -0.497. The maximum Gasteiger partial charge on any atom is 0.338 e. The van der Waals surface area contributed by atoms with Crippen LogP contribution < -0.4 is 9.47 Å². The molecular weight excluding hydrogens is 339 g/mol. The van der Waals surface area contributed by atoms with Crippen LogP contribution in [-0.2, 0) is 4.74 Å². The number of methoxy groups -OCH3 is 2. The Kier molecular flexibility index (Phi) is 5.74. The zero-order valence-corrected chi connectivity index (χ0v) is 14.4. The molecule has 0 aromatic heterocycles. The van der Waals surface area contributed by atoms with Crippen molar-refractivity contribution in [2.45, 2.75) is 13.0 Å². The maximum atomic E-state index is 12.3. The molecule has 0 aliphatic heterocycles. The van der Waals surface area contributed by atoms with Gasteiger partial charge in [0.15, 0.2) is 11.5 Å². The molecular formula is C17H16Cl2O4. The highest BCUT2D eigenvalue weighted by Crippen LogP contribution is 2.36. The van der Waals surface area contributed by atoms with E-state index in [1.165, 1.54) is 26.4 Å². The lowest BCUT2D eigenvalue weighted by molar-refractivity contribution is 0.0337. The fourth-order valence-corrected chi connectivity index (χ4v) is 2.71. The molecule has 0 radical (unpaired) electrons. The van der Waals surface area contributed by atoms with Gasteiger partial charge in [-0.2, -0.15) is 0 Å². The van der Waals surface area contributed by atoms with Crippen LogP contribution in [0.5, 0.6) is 11.5 Å². The summed E-state index contributed by atoms with van der Waals surface area (Å²) in [4.78, 5) is 12.3. The van der Waals surface area contributed by atoms with E-state index in [1.807, 2.05) is 18.2 Å². The van der Waals surface area contributed by atoms with E-state index in [-0.39, 0.29) is 10.6 Å². The van der Waals surface area contributed by atoms with Gasteiger partial charge in [-0.1, -0.05) is 41.4 Å². The Bertz CT molecular complexity index is 716. The SMILES string of the molecule is COc1cc(C(=O)O[C@@H](C)c2ccccc2Cl)cc(Cl)c1OC. The number of rotatable bonds is 5. The van der Waals surface area contributed by atoms with Crippen LogP contribution in [0.1, 0.15) is 28.9 Å². The first-order valence-corrected chi connectivity index (χ1v) is 7.60. The first-order chi connectivity index (χ1) is 11.0. The fraction of sp³-hybridized carbons (Fsp3) is 0.235. The van der Waals surface area contributed by atoms with E-state index in [1.54, 1.807) is 13.0 Å². The third-order valence-electron chi connectivity index (χ3n) is 3.30. The first kappa shape index (κ1) is 17.4. The second-order valence-electron chi connectivity index (χ2n) is 4.76. The highest BCUT2D eigenvalue weighted by Gasteiger charge is 2.19. The topological polar surface area (TPSA) is 44.8 Å². The van der Waals surface area contributed by atoms with Crippen molar-refractivity contribution in [2.75, 3.05) is 14.2 Å². The van der Waals surface area contributed by atoms with Crippen LogP contribution in [0, 0.1) is 0 Å². The summed E-state index contributed by atoms with van der Waals surface area (Å²) in [5.74, 6) is 0.197. The molecule has 2 rings (SSSR count). The maximum absolute atomic E-state index is 12.3. The molecule has 122 valence electrons. The fourth-order valence-electron chi connectivity index (χ4n) is 2.13. The van der Waals surface area contributed by atoms with Crippen LogP contribution in [0.3, 0.4) is 0 Å². The Balaban J connectivity index is 2.24. The first-order valence-electron chi connectivity index (χ1n) is 6.84. The van der Waals surface area contributed by atoms with Gasteiger partial charge < -0.3 is 14.2 Å². The molecule has 1 atom stereocenters. The third kappa shape index (κ3) is 3.89. The number of halogens is 2. The van der Waals surface area contributed by atoms with Gasteiger partial charge in [-0.15, -0.1) is 0 Å². The molecule has 0 heterocycles. The third-order valence-corrected chi connectivity index (χ3v) is 3.92. The van der Waals surface area contributed by atoms with Crippen LogP contribution in [0.15, 0.2) is 36.4 Å². The van der Waals surface area contributed by atoms with Crippen molar-refractivity contribution < 1.29 is 19.0 Å². The summed E-state index contributed by atoms with van der Waals surface area (Å²) in [5.41, 5.74) is 1.00. The lowest BCUT2D eigenvalue weighted by Crippen LogP contribution is -2.10. The smallest absolute Gasteiger partial charge is 0.338 e. The minimum atomic E-state index is -0.528. The Morgan fingerprint density at radius 1 is 1.04 bits per heavy atom. The average molecular weight is 355 g/mol.